The van der Waals surface area contributed by atoms with Gasteiger partial charge in [0, 0.05) is 71.6 Å². The van der Waals surface area contributed by atoms with Crippen LogP contribution in [0, 0.1) is 10.8 Å². The molecule has 0 spiro atoms. The molecule has 2 aromatic carbocycles. The molecule has 0 saturated heterocycles. The van der Waals surface area contributed by atoms with E-state index in [2.05, 4.69) is 48.5 Å². The topological polar surface area (TPSA) is 90.0 Å². The molecule has 0 bridgehead atoms. The zero-order valence-electron chi connectivity index (χ0n) is 24.8. The monoisotopic (exact) mass is 655 g/mol. The number of hydrogen-bond donors (Lipinski definition) is 0. The van der Waals surface area contributed by atoms with E-state index in [9.17, 15) is 18.0 Å². The summed E-state index contributed by atoms with van der Waals surface area (Å²) in [6.07, 6.45) is 2.73. The van der Waals surface area contributed by atoms with E-state index in [0.29, 0.717) is 60.0 Å². The Bertz CT molecular complexity index is 1540. The Morgan fingerprint density at radius 1 is 0.881 bits per heavy atom. The highest BCUT2D eigenvalue weighted by Gasteiger charge is 2.49. The molecule has 1 heterocycles. The van der Waals surface area contributed by atoms with Crippen LogP contribution in [0.15, 0.2) is 80.4 Å². The third kappa shape index (κ3) is 6.01. The lowest BCUT2D eigenvalue weighted by atomic mass is 9.63. The highest BCUT2D eigenvalue weighted by Crippen LogP contribution is 2.55. The predicted molar refractivity (Wildman–Crippen MR) is 164 cm³/mol. The van der Waals surface area contributed by atoms with Gasteiger partial charge in [0.1, 0.15) is 10.6 Å². The third-order valence-electron chi connectivity index (χ3n) is 8.27. The van der Waals surface area contributed by atoms with E-state index < -0.39 is 16.0 Å². The van der Waals surface area contributed by atoms with Crippen molar-refractivity contribution in [3.8, 4) is 5.75 Å². The lowest BCUT2D eigenvalue weighted by Gasteiger charge is -2.49. The Morgan fingerprint density at radius 3 is 2.00 bits per heavy atom. The van der Waals surface area contributed by atoms with Crippen molar-refractivity contribution >= 4 is 37.6 Å². The molecular formula is C33H38BrNO6S. The van der Waals surface area contributed by atoms with Crippen LogP contribution in [0.4, 0.5) is 0 Å². The molecule has 0 atom stereocenters. The molecule has 9 heteroatoms. The summed E-state index contributed by atoms with van der Waals surface area (Å²) in [5.41, 5.74) is 2.93. The van der Waals surface area contributed by atoms with Crippen LogP contribution in [-0.4, -0.2) is 45.1 Å². The summed E-state index contributed by atoms with van der Waals surface area (Å²) in [5, 5.41) is 0. The second-order valence-corrected chi connectivity index (χ2v) is 15.5. The first-order valence-electron chi connectivity index (χ1n) is 14.3. The van der Waals surface area contributed by atoms with E-state index in [1.807, 2.05) is 0 Å². The van der Waals surface area contributed by atoms with Crippen molar-refractivity contribution in [1.82, 2.24) is 4.90 Å². The van der Waals surface area contributed by atoms with Gasteiger partial charge in [-0.1, -0.05) is 61.8 Å². The number of methoxy groups -OCH3 is 1. The van der Waals surface area contributed by atoms with Crippen LogP contribution in [0.3, 0.4) is 0 Å². The number of carbonyl (C=O) groups excluding carboxylic acids is 2. The number of hydrogen-bond acceptors (Lipinski definition) is 7. The largest absolute Gasteiger partial charge is 0.385 e. The van der Waals surface area contributed by atoms with Gasteiger partial charge in [-0.2, -0.15) is 8.42 Å². The molecule has 0 N–H and O–H groups in total. The lowest BCUT2D eigenvalue weighted by molar-refractivity contribution is -0.119. The molecule has 5 rings (SSSR count). The van der Waals surface area contributed by atoms with Crippen LogP contribution in [0.2, 0.25) is 0 Å². The number of ketones is 2. The van der Waals surface area contributed by atoms with Gasteiger partial charge in [-0.3, -0.25) is 9.59 Å². The number of benzene rings is 2. The smallest absolute Gasteiger partial charge is 0.339 e. The molecule has 2 aliphatic carbocycles. The lowest BCUT2D eigenvalue weighted by Crippen LogP contribution is -2.45. The summed E-state index contributed by atoms with van der Waals surface area (Å²) in [6, 6.07) is 13.1. The SMILES string of the molecule is COCCCN1C2=C(C(=O)CC(C)(C)C2)C(c2cc(Br)ccc2OS(=O)(=O)c2ccccc2)C2=C1CC(C)(C)CC2=O. The van der Waals surface area contributed by atoms with Crippen molar-refractivity contribution in [1.29, 1.82) is 0 Å². The van der Waals surface area contributed by atoms with Crippen LogP contribution in [0.25, 0.3) is 0 Å². The van der Waals surface area contributed by atoms with Gasteiger partial charge >= 0.3 is 10.1 Å². The zero-order valence-corrected chi connectivity index (χ0v) is 27.2. The standard InChI is InChI=1S/C33H38BrNO6S/c1-32(2)17-24-30(26(36)19-32)29(31-25(35(24)14-9-15-40-5)18-33(3,4)20-27(31)37)23-16-21(34)12-13-28(23)41-42(38,39)22-10-7-6-8-11-22/h6-8,10-13,16,29H,9,14-15,17-20H2,1-5H3. The first-order valence-corrected chi connectivity index (χ1v) is 16.5. The fraction of sp³-hybridized carbons (Fsp3) is 0.455. The van der Waals surface area contributed by atoms with Gasteiger partial charge in [0.2, 0.25) is 0 Å². The number of nitrogens with zero attached hydrogens (tertiary/aromatic N) is 1. The average molecular weight is 657 g/mol. The van der Waals surface area contributed by atoms with Crippen molar-refractivity contribution in [3.63, 3.8) is 0 Å². The number of halogens is 1. The Morgan fingerprint density at radius 2 is 1.45 bits per heavy atom. The Kier molecular flexibility index (Phi) is 8.33. The summed E-state index contributed by atoms with van der Waals surface area (Å²) in [4.78, 5) is 30.4. The molecule has 0 amide bonds. The van der Waals surface area contributed by atoms with Crippen LogP contribution in [0.5, 0.6) is 5.75 Å². The summed E-state index contributed by atoms with van der Waals surface area (Å²) < 4.78 is 38.6. The highest BCUT2D eigenvalue weighted by atomic mass is 79.9. The Labute approximate surface area is 257 Å². The molecule has 1 aliphatic heterocycles. The molecule has 3 aliphatic rings. The van der Waals surface area contributed by atoms with Crippen molar-refractivity contribution in [2.45, 2.75) is 70.6 Å². The maximum atomic E-state index is 14.1. The Balaban J connectivity index is 1.75. The quantitative estimate of drug-likeness (QED) is 0.225. The number of Topliss-reactive ketones (excluding diaryl/α,β-unsaturated/α-hetero) is 2. The molecule has 0 radical (unpaired) electrons. The summed E-state index contributed by atoms with van der Waals surface area (Å²) >= 11 is 3.55. The average Bonchev–Trinajstić information content (AvgIpc) is 2.89. The Hall–Kier alpha value is -2.75. The van der Waals surface area contributed by atoms with Crippen molar-refractivity contribution in [3.05, 3.63) is 81.1 Å². The van der Waals surface area contributed by atoms with E-state index in [0.717, 1.165) is 17.8 Å². The zero-order chi connectivity index (χ0) is 30.4. The molecule has 7 nitrogen and oxygen atoms in total. The normalized spacial score (nSPS) is 20.5. The summed E-state index contributed by atoms with van der Waals surface area (Å²) in [6.45, 7) is 9.55. The van der Waals surface area contributed by atoms with Gasteiger partial charge in [0.15, 0.2) is 11.6 Å². The first-order chi connectivity index (χ1) is 19.7. The number of allylic oxidation sites excluding steroid dienone is 4. The maximum Gasteiger partial charge on any atom is 0.339 e. The number of carbonyl (C=O) groups is 2. The minimum absolute atomic E-state index is 0.0241. The molecule has 0 aromatic heterocycles. The molecule has 0 saturated carbocycles. The molecule has 2 aromatic rings. The van der Waals surface area contributed by atoms with Gasteiger partial charge in [-0.05, 0) is 60.4 Å². The van der Waals surface area contributed by atoms with Crippen LogP contribution < -0.4 is 4.18 Å². The van der Waals surface area contributed by atoms with Crippen molar-refractivity contribution in [2.75, 3.05) is 20.3 Å². The van der Waals surface area contributed by atoms with Gasteiger partial charge in [0.25, 0.3) is 0 Å². The predicted octanol–water partition coefficient (Wildman–Crippen LogP) is 6.94. The summed E-state index contributed by atoms with van der Waals surface area (Å²) in [5.74, 6) is -0.679. The second kappa shape index (κ2) is 11.4. The van der Waals surface area contributed by atoms with Crippen LogP contribution >= 0.6 is 15.9 Å². The maximum absolute atomic E-state index is 14.1. The van der Waals surface area contributed by atoms with Crippen molar-refractivity contribution < 1.29 is 26.9 Å². The fourth-order valence-electron chi connectivity index (χ4n) is 6.57. The van der Waals surface area contributed by atoms with Crippen molar-refractivity contribution in [2.24, 2.45) is 10.8 Å². The molecular weight excluding hydrogens is 618 g/mol. The molecule has 42 heavy (non-hydrogen) atoms. The van der Waals surface area contributed by atoms with Crippen LogP contribution in [0.1, 0.15) is 71.3 Å². The minimum atomic E-state index is -4.18. The fourth-order valence-corrected chi connectivity index (χ4v) is 7.92. The molecule has 224 valence electrons. The molecule has 0 fully saturated rings. The third-order valence-corrected chi connectivity index (χ3v) is 10.0. The van der Waals surface area contributed by atoms with E-state index >= 15 is 0 Å². The van der Waals surface area contributed by atoms with E-state index in [-0.39, 0.29) is 33.0 Å². The first kappa shape index (κ1) is 30.7. The van der Waals surface area contributed by atoms with Gasteiger partial charge in [0.05, 0.1) is 0 Å². The number of ether oxygens (including phenoxy) is 1. The van der Waals surface area contributed by atoms with Crippen LogP contribution in [-0.2, 0) is 24.4 Å². The van der Waals surface area contributed by atoms with Gasteiger partial charge in [-0.25, -0.2) is 0 Å². The number of rotatable bonds is 8. The van der Waals surface area contributed by atoms with Gasteiger partial charge < -0.3 is 13.8 Å². The molecule has 0 unspecified atom stereocenters. The van der Waals surface area contributed by atoms with E-state index in [1.54, 1.807) is 43.5 Å². The minimum Gasteiger partial charge on any atom is -0.385 e. The second-order valence-electron chi connectivity index (χ2n) is 13.1. The van der Waals surface area contributed by atoms with Gasteiger partial charge in [-0.15, -0.1) is 0 Å². The highest BCUT2D eigenvalue weighted by molar-refractivity contribution is 9.10. The summed E-state index contributed by atoms with van der Waals surface area (Å²) in [7, 11) is -2.51. The van der Waals surface area contributed by atoms with E-state index in [4.69, 9.17) is 8.92 Å². The van der Waals surface area contributed by atoms with E-state index in [1.165, 1.54) is 12.1 Å².